The molecule has 0 fully saturated rings. The molecule has 0 aliphatic heterocycles. The normalized spacial score (nSPS) is 12.5. The van der Waals surface area contributed by atoms with E-state index in [1.807, 2.05) is 31.2 Å². The molecule has 1 amide bonds. The Bertz CT molecular complexity index is 526. The van der Waals surface area contributed by atoms with Crippen LogP contribution in [0.2, 0.25) is 0 Å². The van der Waals surface area contributed by atoms with E-state index >= 15 is 0 Å². The van der Waals surface area contributed by atoms with Gasteiger partial charge in [-0.05, 0) is 32.4 Å². The fourth-order valence-electron chi connectivity index (χ4n) is 1.75. The first-order valence-electron chi connectivity index (χ1n) is 8.36. The minimum absolute atomic E-state index is 0.0313. The number of aliphatic imine (C=N–C) groups is 1. The van der Waals surface area contributed by atoms with E-state index in [0.29, 0.717) is 19.1 Å². The number of carbonyl (C=O) groups excluding carboxylic acids is 1. The monoisotopic (exact) mass is 334 g/mol. The van der Waals surface area contributed by atoms with Crippen molar-refractivity contribution >= 4 is 11.9 Å². The maximum Gasteiger partial charge on any atom is 0.243 e. The summed E-state index contributed by atoms with van der Waals surface area (Å²) in [5.41, 5.74) is 1.21. The number of ether oxygens (including phenoxy) is 1. The molecule has 6 heteroatoms. The predicted octanol–water partition coefficient (Wildman–Crippen LogP) is 1.80. The standard InChI is InChI=1S/C18H30N4O2/c1-6-15(3)21-18(20-13-17(23)22(4)5)19-11-12-24-16-9-7-14(2)8-10-16/h7-10,15H,6,11-13H2,1-5H3,(H2,19,20,21). The molecule has 24 heavy (non-hydrogen) atoms. The van der Waals surface area contributed by atoms with Gasteiger partial charge in [0.15, 0.2) is 5.96 Å². The highest BCUT2D eigenvalue weighted by atomic mass is 16.5. The summed E-state index contributed by atoms with van der Waals surface area (Å²) in [6.45, 7) is 7.47. The van der Waals surface area contributed by atoms with Gasteiger partial charge in [0, 0.05) is 20.1 Å². The van der Waals surface area contributed by atoms with E-state index in [2.05, 4.69) is 29.5 Å². The van der Waals surface area contributed by atoms with E-state index in [1.165, 1.54) is 10.5 Å². The van der Waals surface area contributed by atoms with Crippen LogP contribution in [-0.4, -0.2) is 56.6 Å². The Kier molecular flexibility index (Phi) is 8.68. The lowest BCUT2D eigenvalue weighted by atomic mass is 10.2. The van der Waals surface area contributed by atoms with E-state index in [-0.39, 0.29) is 18.5 Å². The molecule has 0 aliphatic rings. The summed E-state index contributed by atoms with van der Waals surface area (Å²) < 4.78 is 5.69. The number of benzene rings is 1. The SMILES string of the molecule is CCC(C)NC(=NCC(=O)N(C)C)NCCOc1ccc(C)cc1. The molecule has 0 spiro atoms. The molecule has 1 rings (SSSR count). The summed E-state index contributed by atoms with van der Waals surface area (Å²) in [6.07, 6.45) is 0.974. The maximum absolute atomic E-state index is 11.7. The molecule has 134 valence electrons. The Morgan fingerprint density at radius 2 is 1.96 bits per heavy atom. The van der Waals surface area contributed by atoms with Crippen LogP contribution in [0.15, 0.2) is 29.3 Å². The molecule has 0 radical (unpaired) electrons. The van der Waals surface area contributed by atoms with Crippen LogP contribution < -0.4 is 15.4 Å². The zero-order valence-corrected chi connectivity index (χ0v) is 15.4. The molecular weight excluding hydrogens is 304 g/mol. The third-order valence-electron chi connectivity index (χ3n) is 3.55. The summed E-state index contributed by atoms with van der Waals surface area (Å²) >= 11 is 0. The van der Waals surface area contributed by atoms with Crippen LogP contribution in [0.3, 0.4) is 0 Å². The molecule has 6 nitrogen and oxygen atoms in total. The number of guanidine groups is 1. The number of carbonyl (C=O) groups is 1. The van der Waals surface area contributed by atoms with Crippen LogP contribution in [-0.2, 0) is 4.79 Å². The lowest BCUT2D eigenvalue weighted by Crippen LogP contribution is -2.44. The van der Waals surface area contributed by atoms with Crippen molar-refractivity contribution in [3.05, 3.63) is 29.8 Å². The summed E-state index contributed by atoms with van der Waals surface area (Å²) in [6, 6.07) is 8.23. The first-order chi connectivity index (χ1) is 11.4. The van der Waals surface area contributed by atoms with Gasteiger partial charge in [0.2, 0.25) is 5.91 Å². The van der Waals surface area contributed by atoms with E-state index in [9.17, 15) is 4.79 Å². The minimum atomic E-state index is -0.0313. The molecule has 0 aromatic heterocycles. The Hall–Kier alpha value is -2.24. The molecule has 0 aliphatic carbocycles. The number of hydrogen-bond donors (Lipinski definition) is 2. The van der Waals surface area contributed by atoms with E-state index in [0.717, 1.165) is 12.2 Å². The van der Waals surface area contributed by atoms with Gasteiger partial charge in [-0.1, -0.05) is 24.6 Å². The second-order valence-electron chi connectivity index (χ2n) is 5.99. The molecule has 0 heterocycles. The smallest absolute Gasteiger partial charge is 0.243 e. The van der Waals surface area contributed by atoms with E-state index < -0.39 is 0 Å². The van der Waals surface area contributed by atoms with Gasteiger partial charge in [0.25, 0.3) is 0 Å². The number of aryl methyl sites for hydroxylation is 1. The van der Waals surface area contributed by atoms with Crippen LogP contribution >= 0.6 is 0 Å². The van der Waals surface area contributed by atoms with Gasteiger partial charge in [-0.25, -0.2) is 4.99 Å². The third kappa shape index (κ3) is 7.85. The van der Waals surface area contributed by atoms with Crippen molar-refractivity contribution < 1.29 is 9.53 Å². The number of nitrogens with one attached hydrogen (secondary N) is 2. The van der Waals surface area contributed by atoms with Crippen molar-refractivity contribution in [3.8, 4) is 5.75 Å². The van der Waals surface area contributed by atoms with Gasteiger partial charge in [-0.3, -0.25) is 4.79 Å². The predicted molar refractivity (Wildman–Crippen MR) is 98.6 cm³/mol. The van der Waals surface area contributed by atoms with Gasteiger partial charge in [0.1, 0.15) is 18.9 Å². The Morgan fingerprint density at radius 3 is 2.54 bits per heavy atom. The quantitative estimate of drug-likeness (QED) is 0.432. The number of rotatable bonds is 8. The molecule has 1 atom stereocenters. The number of hydrogen-bond acceptors (Lipinski definition) is 3. The third-order valence-corrected chi connectivity index (χ3v) is 3.55. The molecule has 0 saturated heterocycles. The average Bonchev–Trinajstić information content (AvgIpc) is 2.57. The topological polar surface area (TPSA) is 66.0 Å². The zero-order chi connectivity index (χ0) is 17.9. The van der Waals surface area contributed by atoms with Crippen molar-refractivity contribution in [2.45, 2.75) is 33.2 Å². The lowest BCUT2D eigenvalue weighted by Gasteiger charge is -2.17. The first kappa shape index (κ1) is 19.8. The Balaban J connectivity index is 2.47. The molecule has 1 aromatic rings. The molecule has 0 saturated carbocycles. The Labute approximate surface area is 145 Å². The average molecular weight is 334 g/mol. The van der Waals surface area contributed by atoms with Gasteiger partial charge >= 0.3 is 0 Å². The zero-order valence-electron chi connectivity index (χ0n) is 15.4. The molecule has 0 bridgehead atoms. The van der Waals surface area contributed by atoms with E-state index in [4.69, 9.17) is 4.74 Å². The van der Waals surface area contributed by atoms with Crippen LogP contribution in [0.4, 0.5) is 0 Å². The maximum atomic E-state index is 11.7. The highest BCUT2D eigenvalue weighted by Crippen LogP contribution is 2.10. The van der Waals surface area contributed by atoms with Gasteiger partial charge in [-0.2, -0.15) is 0 Å². The number of nitrogens with zero attached hydrogens (tertiary/aromatic N) is 2. The summed E-state index contributed by atoms with van der Waals surface area (Å²) in [7, 11) is 3.45. The number of likely N-dealkylation sites (N-methyl/N-ethyl adjacent to an activating group) is 1. The van der Waals surface area contributed by atoms with Gasteiger partial charge < -0.3 is 20.3 Å². The van der Waals surface area contributed by atoms with Crippen molar-refractivity contribution in [2.24, 2.45) is 4.99 Å². The van der Waals surface area contributed by atoms with Crippen molar-refractivity contribution in [3.63, 3.8) is 0 Å². The fourth-order valence-corrected chi connectivity index (χ4v) is 1.75. The molecule has 2 N–H and O–H groups in total. The van der Waals surface area contributed by atoms with Crippen LogP contribution in [0.25, 0.3) is 0 Å². The molecule has 1 unspecified atom stereocenters. The van der Waals surface area contributed by atoms with Gasteiger partial charge in [0.05, 0.1) is 6.54 Å². The Morgan fingerprint density at radius 1 is 1.29 bits per heavy atom. The fraction of sp³-hybridized carbons (Fsp3) is 0.556. The number of amides is 1. The van der Waals surface area contributed by atoms with E-state index in [1.54, 1.807) is 14.1 Å². The highest BCUT2D eigenvalue weighted by Gasteiger charge is 2.06. The second-order valence-corrected chi connectivity index (χ2v) is 5.99. The lowest BCUT2D eigenvalue weighted by molar-refractivity contribution is -0.127. The van der Waals surface area contributed by atoms with Crippen molar-refractivity contribution in [1.29, 1.82) is 0 Å². The summed E-state index contributed by atoms with van der Waals surface area (Å²) in [4.78, 5) is 17.6. The van der Waals surface area contributed by atoms with Crippen LogP contribution in [0.1, 0.15) is 25.8 Å². The second kappa shape index (κ2) is 10.5. The van der Waals surface area contributed by atoms with Crippen molar-refractivity contribution in [2.75, 3.05) is 33.8 Å². The van der Waals surface area contributed by atoms with Gasteiger partial charge in [-0.15, -0.1) is 0 Å². The summed E-state index contributed by atoms with van der Waals surface area (Å²) in [5.74, 6) is 1.45. The molecule has 1 aromatic carbocycles. The summed E-state index contributed by atoms with van der Waals surface area (Å²) in [5, 5.41) is 6.48. The van der Waals surface area contributed by atoms with Crippen LogP contribution in [0.5, 0.6) is 5.75 Å². The van der Waals surface area contributed by atoms with Crippen molar-refractivity contribution in [1.82, 2.24) is 15.5 Å². The highest BCUT2D eigenvalue weighted by molar-refractivity contribution is 5.84. The van der Waals surface area contributed by atoms with Crippen LogP contribution in [0, 0.1) is 6.92 Å². The largest absolute Gasteiger partial charge is 0.492 e. The molecular formula is C18H30N4O2. The first-order valence-corrected chi connectivity index (χ1v) is 8.36. The minimum Gasteiger partial charge on any atom is -0.492 e.